The van der Waals surface area contributed by atoms with Gasteiger partial charge in [0.05, 0.1) is 20.3 Å². The van der Waals surface area contributed by atoms with Crippen molar-refractivity contribution in [1.82, 2.24) is 0 Å². The maximum Gasteiger partial charge on any atom is 0.336 e. The van der Waals surface area contributed by atoms with Gasteiger partial charge in [0.1, 0.15) is 17.2 Å². The van der Waals surface area contributed by atoms with Crippen molar-refractivity contribution in [2.45, 2.75) is 39.5 Å². The number of aryl methyl sites for hydroxylation is 1. The lowest BCUT2D eigenvalue weighted by Crippen LogP contribution is -2.06. The second-order valence-corrected chi connectivity index (χ2v) is 9.46. The number of carbonyl (C=O) groups is 2. The molecule has 0 heterocycles. The van der Waals surface area contributed by atoms with E-state index in [2.05, 4.69) is 18.4 Å². The minimum Gasteiger partial charge on any atom is -0.497 e. The van der Waals surface area contributed by atoms with E-state index in [0.29, 0.717) is 24.5 Å². The molecule has 0 aromatic heterocycles. The van der Waals surface area contributed by atoms with E-state index in [-0.39, 0.29) is 5.97 Å². The fraction of sp³-hybridized carbons (Fsp3) is 0.257. The molecule has 3 aromatic rings. The van der Waals surface area contributed by atoms with Gasteiger partial charge in [0.2, 0.25) is 0 Å². The Hall–Kier alpha value is -4.76. The number of hydrogen-bond acceptors (Lipinski definition) is 6. The molecular weight excluding hydrogens is 516 g/mol. The van der Waals surface area contributed by atoms with Gasteiger partial charge in [-0.05, 0) is 111 Å². The highest BCUT2D eigenvalue weighted by Crippen LogP contribution is 2.20. The van der Waals surface area contributed by atoms with E-state index in [0.717, 1.165) is 59.4 Å². The summed E-state index contributed by atoms with van der Waals surface area (Å²) in [5.74, 6) is 7.57. The minimum atomic E-state index is -0.459. The third-order valence-corrected chi connectivity index (χ3v) is 6.00. The minimum absolute atomic E-state index is 0.330. The molecule has 41 heavy (non-hydrogen) atoms. The summed E-state index contributed by atoms with van der Waals surface area (Å²) in [4.78, 5) is 23.5. The Kier molecular flexibility index (Phi) is 12.3. The lowest BCUT2D eigenvalue weighted by molar-refractivity contribution is -0.139. The van der Waals surface area contributed by atoms with Crippen molar-refractivity contribution in [3.8, 4) is 29.1 Å². The summed E-state index contributed by atoms with van der Waals surface area (Å²) in [5.41, 5.74) is 4.02. The molecule has 0 unspecified atom stereocenters. The third kappa shape index (κ3) is 11.1. The molecule has 0 bridgehead atoms. The normalized spacial score (nSPS) is 10.4. The summed E-state index contributed by atoms with van der Waals surface area (Å²) >= 11 is 0. The molecular formula is C35H36O6. The maximum atomic E-state index is 12.2. The van der Waals surface area contributed by atoms with E-state index >= 15 is 0 Å². The Balaban J connectivity index is 1.40. The number of unbranched alkanes of at least 4 members (excludes halogenated alkanes) is 3. The van der Waals surface area contributed by atoms with Crippen LogP contribution in [0.2, 0.25) is 0 Å². The van der Waals surface area contributed by atoms with Gasteiger partial charge in [-0.3, -0.25) is 0 Å². The summed E-state index contributed by atoms with van der Waals surface area (Å²) in [6.45, 7) is 8.27. The van der Waals surface area contributed by atoms with Crippen molar-refractivity contribution < 1.29 is 28.5 Å². The van der Waals surface area contributed by atoms with Crippen LogP contribution in [-0.4, -0.2) is 32.3 Å². The molecule has 0 aliphatic carbocycles. The summed E-state index contributed by atoms with van der Waals surface area (Å²) < 4.78 is 21.5. The van der Waals surface area contributed by atoms with E-state index in [4.69, 9.17) is 18.9 Å². The van der Waals surface area contributed by atoms with Crippen LogP contribution in [0.5, 0.6) is 17.2 Å². The second kappa shape index (κ2) is 16.4. The number of carbonyl (C=O) groups excluding carboxylic acids is 2. The molecule has 212 valence electrons. The zero-order chi connectivity index (χ0) is 29.5. The fourth-order valence-electron chi connectivity index (χ4n) is 3.70. The largest absolute Gasteiger partial charge is 0.497 e. The molecule has 0 spiro atoms. The number of methoxy groups -OCH3 is 1. The van der Waals surface area contributed by atoms with E-state index < -0.39 is 5.97 Å². The Morgan fingerprint density at radius 2 is 1.46 bits per heavy atom. The summed E-state index contributed by atoms with van der Waals surface area (Å²) in [6.07, 6.45) is 6.83. The highest BCUT2D eigenvalue weighted by Gasteiger charge is 2.04. The maximum absolute atomic E-state index is 12.2. The molecule has 3 rings (SSSR count). The van der Waals surface area contributed by atoms with Crippen molar-refractivity contribution in [1.29, 1.82) is 0 Å². The van der Waals surface area contributed by atoms with Gasteiger partial charge < -0.3 is 18.9 Å². The van der Waals surface area contributed by atoms with Gasteiger partial charge >= 0.3 is 11.9 Å². The van der Waals surface area contributed by atoms with Gasteiger partial charge in [-0.25, -0.2) is 9.59 Å². The Bertz CT molecular complexity index is 1410. The first kappa shape index (κ1) is 30.8. The molecule has 0 N–H and O–H groups in total. The van der Waals surface area contributed by atoms with Crippen LogP contribution in [0.1, 0.15) is 54.9 Å². The van der Waals surface area contributed by atoms with Gasteiger partial charge in [0, 0.05) is 22.8 Å². The molecule has 6 nitrogen and oxygen atoms in total. The quantitative estimate of drug-likeness (QED) is 0.0742. The smallest absolute Gasteiger partial charge is 0.336 e. The van der Waals surface area contributed by atoms with Crippen LogP contribution in [0.3, 0.4) is 0 Å². The molecule has 0 aliphatic heterocycles. The average molecular weight is 553 g/mol. The molecule has 0 saturated heterocycles. The molecule has 3 aromatic carbocycles. The molecule has 0 amide bonds. The van der Waals surface area contributed by atoms with Crippen molar-refractivity contribution in [3.63, 3.8) is 0 Å². The van der Waals surface area contributed by atoms with Crippen molar-refractivity contribution in [2.24, 2.45) is 0 Å². The van der Waals surface area contributed by atoms with E-state index in [9.17, 15) is 9.59 Å². The van der Waals surface area contributed by atoms with Crippen LogP contribution in [-0.2, 0) is 14.3 Å². The van der Waals surface area contributed by atoms with E-state index in [1.807, 2.05) is 61.5 Å². The lowest BCUT2D eigenvalue weighted by atomic mass is 10.1. The zero-order valence-corrected chi connectivity index (χ0v) is 23.9. The van der Waals surface area contributed by atoms with Crippen LogP contribution >= 0.6 is 0 Å². The standard InChI is InChI=1S/C35H36O6/c1-26(2)35(37)40-24-8-6-5-7-23-39-33-21-15-30(25-27(33)3)10-9-28-13-19-32(20-14-28)41-34(36)22-16-29-11-17-31(38-4)18-12-29/h11-22,25H,1,5-8,23-24H2,2-4H3/b22-16+. The second-order valence-electron chi connectivity index (χ2n) is 9.46. The first-order chi connectivity index (χ1) is 19.8. The topological polar surface area (TPSA) is 71.1 Å². The summed E-state index contributed by atoms with van der Waals surface area (Å²) in [7, 11) is 1.61. The Morgan fingerprint density at radius 3 is 2.12 bits per heavy atom. The lowest BCUT2D eigenvalue weighted by Gasteiger charge is -2.09. The van der Waals surface area contributed by atoms with E-state index in [1.54, 1.807) is 32.2 Å². The predicted molar refractivity (Wildman–Crippen MR) is 161 cm³/mol. The van der Waals surface area contributed by atoms with Gasteiger partial charge in [-0.2, -0.15) is 0 Å². The van der Waals surface area contributed by atoms with Crippen LogP contribution < -0.4 is 14.2 Å². The third-order valence-electron chi connectivity index (χ3n) is 6.00. The highest BCUT2D eigenvalue weighted by molar-refractivity contribution is 5.88. The van der Waals surface area contributed by atoms with Crippen molar-refractivity contribution in [3.05, 3.63) is 107 Å². The van der Waals surface area contributed by atoms with Crippen LogP contribution in [0.15, 0.2) is 85.0 Å². The van der Waals surface area contributed by atoms with E-state index in [1.165, 1.54) is 6.08 Å². The monoisotopic (exact) mass is 552 g/mol. The molecule has 0 saturated carbocycles. The highest BCUT2D eigenvalue weighted by atomic mass is 16.5. The molecule has 0 radical (unpaired) electrons. The molecule has 0 aliphatic rings. The first-order valence-electron chi connectivity index (χ1n) is 13.6. The summed E-state index contributed by atoms with van der Waals surface area (Å²) in [5, 5.41) is 0. The van der Waals surface area contributed by atoms with Gasteiger partial charge in [-0.1, -0.05) is 30.6 Å². The Morgan fingerprint density at radius 1 is 0.829 bits per heavy atom. The fourth-order valence-corrected chi connectivity index (χ4v) is 3.70. The first-order valence-corrected chi connectivity index (χ1v) is 13.6. The van der Waals surface area contributed by atoms with Gasteiger partial charge in [0.15, 0.2) is 0 Å². The molecule has 0 fully saturated rings. The SMILES string of the molecule is C=C(C)C(=O)OCCCCCCOc1ccc(C#Cc2ccc(OC(=O)/C=C/c3ccc(OC)cc3)cc2)cc1C. The summed E-state index contributed by atoms with van der Waals surface area (Å²) in [6, 6.07) is 20.3. The number of rotatable bonds is 13. The average Bonchev–Trinajstić information content (AvgIpc) is 2.98. The molecule has 0 atom stereocenters. The number of hydrogen-bond donors (Lipinski definition) is 0. The van der Waals surface area contributed by atoms with Crippen molar-refractivity contribution >= 4 is 18.0 Å². The number of esters is 2. The van der Waals surface area contributed by atoms with Crippen LogP contribution in [0.25, 0.3) is 6.08 Å². The van der Waals surface area contributed by atoms with Gasteiger partial charge in [-0.15, -0.1) is 0 Å². The van der Waals surface area contributed by atoms with Crippen LogP contribution in [0.4, 0.5) is 0 Å². The Labute approximate surface area is 242 Å². The predicted octanol–water partition coefficient (Wildman–Crippen LogP) is 7.08. The van der Waals surface area contributed by atoms with Crippen molar-refractivity contribution in [2.75, 3.05) is 20.3 Å². The number of ether oxygens (including phenoxy) is 4. The molecule has 6 heteroatoms. The van der Waals surface area contributed by atoms with Crippen LogP contribution in [0, 0.1) is 18.8 Å². The number of benzene rings is 3. The zero-order valence-electron chi connectivity index (χ0n) is 23.9. The van der Waals surface area contributed by atoms with Gasteiger partial charge in [0.25, 0.3) is 0 Å².